The van der Waals surface area contributed by atoms with Gasteiger partial charge in [0, 0.05) is 16.8 Å². The molecule has 0 aliphatic rings. The molecule has 15 heavy (non-hydrogen) atoms. The van der Waals surface area contributed by atoms with E-state index in [-0.39, 0.29) is 49.6 Å². The molecule has 14 N–H and O–H groups in total. The van der Waals surface area contributed by atoms with E-state index >= 15 is 0 Å². The molecule has 14 nitrogen and oxygen atoms in total. The molecule has 0 atom stereocenters. The van der Waals surface area contributed by atoms with E-state index in [4.69, 9.17) is 30.6 Å². The monoisotopic (exact) mass is 293 g/mol. The summed E-state index contributed by atoms with van der Waals surface area (Å²) in [6.45, 7) is 0. The minimum absolute atomic E-state index is 0. The van der Waals surface area contributed by atoms with Gasteiger partial charge in [-0.3, -0.25) is 0 Å². The molecular weight excluding hydrogens is 279 g/mol. The Kier molecular flexibility index (Phi) is 531. The SMILES string of the molecule is O.O.O.O.O.O.O=[N+]([O-])O.O=[N+]([O-])O.[Co]. The van der Waals surface area contributed by atoms with Crippen LogP contribution >= 0.6 is 0 Å². The summed E-state index contributed by atoms with van der Waals surface area (Å²) in [6.07, 6.45) is 0. The van der Waals surface area contributed by atoms with E-state index in [1.165, 1.54) is 0 Å². The first-order valence-corrected chi connectivity index (χ1v) is 1.13. The van der Waals surface area contributed by atoms with Crippen molar-refractivity contribution in [2.24, 2.45) is 0 Å². The Morgan fingerprint density at radius 3 is 0.667 bits per heavy atom. The molecule has 0 amide bonds. The minimum Gasteiger partial charge on any atom is -0.412 e. The third-order valence-electron chi connectivity index (χ3n) is 0. The Hall–Kier alpha value is -1.33. The maximum Gasteiger partial charge on any atom is 0.291 e. The van der Waals surface area contributed by atoms with Crippen LogP contribution in [0.1, 0.15) is 0 Å². The summed E-state index contributed by atoms with van der Waals surface area (Å²) < 4.78 is 0. The molecule has 0 unspecified atom stereocenters. The van der Waals surface area contributed by atoms with Crippen molar-refractivity contribution in [3.63, 3.8) is 0 Å². The Balaban J connectivity index is -0.00000000468. The summed E-state index contributed by atoms with van der Waals surface area (Å²) in [6, 6.07) is 0. The van der Waals surface area contributed by atoms with Gasteiger partial charge in [0.2, 0.25) is 0 Å². The third-order valence-corrected chi connectivity index (χ3v) is 0. The Labute approximate surface area is 91.4 Å². The molecule has 0 aromatic heterocycles. The molecule has 0 aromatic rings. The molecule has 0 aromatic carbocycles. The van der Waals surface area contributed by atoms with Crippen molar-refractivity contribution >= 4 is 0 Å². The maximum absolute atomic E-state index is 8.36. The average molecular weight is 293 g/mol. The predicted octanol–water partition coefficient (Wildman–Crippen LogP) is -5.65. The van der Waals surface area contributed by atoms with Crippen molar-refractivity contribution in [3.8, 4) is 0 Å². The summed E-state index contributed by atoms with van der Waals surface area (Å²) in [4.78, 5) is 16.7. The van der Waals surface area contributed by atoms with Crippen molar-refractivity contribution in [1.82, 2.24) is 0 Å². The zero-order valence-electron chi connectivity index (χ0n) is 6.76. The van der Waals surface area contributed by atoms with Crippen LogP contribution in [0.5, 0.6) is 0 Å². The van der Waals surface area contributed by atoms with Crippen LogP contribution in [0.4, 0.5) is 0 Å². The van der Waals surface area contributed by atoms with E-state index in [1.54, 1.807) is 0 Å². The normalized spacial score (nSPS) is 3.20. The second-order valence-corrected chi connectivity index (χ2v) is 0.476. The van der Waals surface area contributed by atoms with Gasteiger partial charge in [0.1, 0.15) is 0 Å². The summed E-state index contributed by atoms with van der Waals surface area (Å²) >= 11 is 0. The zero-order chi connectivity index (χ0) is 7.15. The van der Waals surface area contributed by atoms with Gasteiger partial charge in [-0.25, -0.2) is 0 Å². The van der Waals surface area contributed by atoms with Crippen LogP contribution in [0.25, 0.3) is 0 Å². The third kappa shape index (κ3) is 810. The largest absolute Gasteiger partial charge is 0.412 e. The molecule has 0 aliphatic carbocycles. The first-order valence-electron chi connectivity index (χ1n) is 1.13. The van der Waals surface area contributed by atoms with E-state index in [9.17, 15) is 0 Å². The van der Waals surface area contributed by atoms with Crippen LogP contribution in [-0.4, -0.2) is 53.4 Å². The molecule has 0 spiro atoms. The van der Waals surface area contributed by atoms with Gasteiger partial charge in [-0.1, -0.05) is 0 Å². The molecule has 0 saturated carbocycles. The van der Waals surface area contributed by atoms with Gasteiger partial charge in [0.05, 0.1) is 0 Å². The van der Waals surface area contributed by atoms with Crippen LogP contribution in [-0.2, 0) is 16.8 Å². The molecule has 0 fully saturated rings. The van der Waals surface area contributed by atoms with Crippen molar-refractivity contribution in [2.45, 2.75) is 0 Å². The molecule has 0 bridgehead atoms. The molecule has 105 valence electrons. The van der Waals surface area contributed by atoms with Crippen molar-refractivity contribution in [2.75, 3.05) is 0 Å². The molecule has 15 heteroatoms. The van der Waals surface area contributed by atoms with Gasteiger partial charge in [-0.05, 0) is 0 Å². The van der Waals surface area contributed by atoms with Gasteiger partial charge < -0.3 is 43.3 Å². The predicted molar refractivity (Wildman–Crippen MR) is 39.2 cm³/mol. The first kappa shape index (κ1) is 101. The van der Waals surface area contributed by atoms with Gasteiger partial charge in [-0.2, -0.15) is 0 Å². The van der Waals surface area contributed by atoms with E-state index in [2.05, 4.69) is 0 Å². The van der Waals surface area contributed by atoms with Crippen molar-refractivity contribution in [1.29, 1.82) is 0 Å². The minimum atomic E-state index is -1.50. The fraction of sp³-hybridized carbons (Fsp3) is 0. The van der Waals surface area contributed by atoms with Crippen molar-refractivity contribution < 1.29 is 70.2 Å². The van der Waals surface area contributed by atoms with Crippen LogP contribution in [0.15, 0.2) is 0 Å². The standard InChI is InChI=1S/Co.2HNO3.6H2O/c;2*2-1(3)4;;;;;;/h;2*(H,2,3,4);6*1H2. The summed E-state index contributed by atoms with van der Waals surface area (Å²) in [5.74, 6) is 0. The number of rotatable bonds is 0. The number of nitrogens with zero attached hydrogens (tertiary/aromatic N) is 2. The second kappa shape index (κ2) is 79.2. The second-order valence-electron chi connectivity index (χ2n) is 0.476. The van der Waals surface area contributed by atoms with Gasteiger partial charge >= 0.3 is 0 Å². The summed E-state index contributed by atoms with van der Waals surface area (Å²) in [5, 5.41) is 27.3. The topological polar surface area (TPSA) is 316 Å². The first-order chi connectivity index (χ1) is 3.46. The smallest absolute Gasteiger partial charge is 0.291 e. The molecule has 0 aliphatic heterocycles. The van der Waals surface area contributed by atoms with E-state index in [0.29, 0.717) is 0 Å². The molecular formula is H14CoN2O12. The zero-order valence-corrected chi connectivity index (χ0v) is 7.80. The fourth-order valence-corrected chi connectivity index (χ4v) is 0. The fourth-order valence-electron chi connectivity index (χ4n) is 0. The summed E-state index contributed by atoms with van der Waals surface area (Å²) in [5.41, 5.74) is 0. The molecule has 1 radical (unpaired) electrons. The maximum atomic E-state index is 8.36. The van der Waals surface area contributed by atoms with Gasteiger partial charge in [-0.15, -0.1) is 20.2 Å². The molecule has 0 rings (SSSR count). The molecule has 0 saturated heterocycles. The average Bonchev–Trinajstić information content (AvgIpc) is 1.25. The van der Waals surface area contributed by atoms with E-state index in [0.717, 1.165) is 0 Å². The Morgan fingerprint density at radius 1 is 0.667 bits per heavy atom. The van der Waals surface area contributed by atoms with E-state index in [1.807, 2.05) is 0 Å². The van der Waals surface area contributed by atoms with Crippen LogP contribution < -0.4 is 0 Å². The van der Waals surface area contributed by atoms with Crippen LogP contribution in [0.3, 0.4) is 0 Å². The quantitative estimate of drug-likeness (QED) is 0.323. The summed E-state index contributed by atoms with van der Waals surface area (Å²) in [7, 11) is 0. The Morgan fingerprint density at radius 2 is 0.667 bits per heavy atom. The van der Waals surface area contributed by atoms with Crippen molar-refractivity contribution in [3.05, 3.63) is 20.2 Å². The van der Waals surface area contributed by atoms with E-state index < -0.39 is 10.2 Å². The molecule has 0 heterocycles. The Bertz CT molecular complexity index is 71.6. The van der Waals surface area contributed by atoms with Gasteiger partial charge in [0.25, 0.3) is 10.2 Å². The number of hydrogen-bond acceptors (Lipinski definition) is 4. The van der Waals surface area contributed by atoms with Crippen LogP contribution in [0.2, 0.25) is 0 Å². The number of hydrogen-bond donors (Lipinski definition) is 2. The van der Waals surface area contributed by atoms with Crippen LogP contribution in [0, 0.1) is 20.2 Å². The van der Waals surface area contributed by atoms with Gasteiger partial charge in [0.15, 0.2) is 0 Å².